The third kappa shape index (κ3) is 4.89. The van der Waals surface area contributed by atoms with Crippen LogP contribution in [0.15, 0.2) is 29.2 Å². The van der Waals surface area contributed by atoms with Gasteiger partial charge in [-0.2, -0.15) is 4.31 Å². The van der Waals surface area contributed by atoms with E-state index in [0.29, 0.717) is 44.0 Å². The van der Waals surface area contributed by atoms with Crippen LogP contribution in [0.3, 0.4) is 0 Å². The van der Waals surface area contributed by atoms with Gasteiger partial charge in [-0.15, -0.1) is 0 Å². The number of benzene rings is 1. The third-order valence-electron chi connectivity index (χ3n) is 5.43. The topological polar surface area (TPSA) is 66.9 Å². The summed E-state index contributed by atoms with van der Waals surface area (Å²) < 4.78 is 32.5. The lowest BCUT2D eigenvalue weighted by atomic mass is 10.1. The fourth-order valence-corrected chi connectivity index (χ4v) is 5.25. The third-order valence-corrected chi connectivity index (χ3v) is 7.34. The van der Waals surface area contributed by atoms with E-state index in [9.17, 15) is 13.2 Å². The van der Waals surface area contributed by atoms with Crippen molar-refractivity contribution in [2.45, 2.75) is 63.0 Å². The van der Waals surface area contributed by atoms with Gasteiger partial charge in [-0.05, 0) is 50.8 Å². The fourth-order valence-electron chi connectivity index (χ4n) is 3.73. The number of piperidine rings is 1. The van der Waals surface area contributed by atoms with Crippen LogP contribution in [0, 0.1) is 0 Å². The summed E-state index contributed by atoms with van der Waals surface area (Å²) in [6, 6.07) is 7.10. The molecule has 2 aliphatic rings. The standard InChI is InChI=1S/C20H30N2O4S/c1-16-15-26-17(2)14-22(16)20(23)11-8-18-6-9-19(10-7-18)27(24,25)21-12-4-3-5-13-21/h6-7,9-10,16-17H,3-5,8,11-15H2,1-2H3/t16-,17+/m0/s1. The molecule has 3 rings (SSSR count). The lowest BCUT2D eigenvalue weighted by Gasteiger charge is -2.37. The average molecular weight is 395 g/mol. The van der Waals surface area contributed by atoms with Crippen molar-refractivity contribution in [3.05, 3.63) is 29.8 Å². The van der Waals surface area contributed by atoms with Crippen molar-refractivity contribution in [1.82, 2.24) is 9.21 Å². The SMILES string of the molecule is C[C@@H]1CN(C(=O)CCc2ccc(S(=O)(=O)N3CCCCC3)cc2)[C@@H](C)CO1. The Hall–Kier alpha value is -1.44. The first kappa shape index (κ1) is 20.3. The van der Waals surface area contributed by atoms with E-state index in [-0.39, 0.29) is 18.1 Å². The first-order valence-corrected chi connectivity index (χ1v) is 11.3. The van der Waals surface area contributed by atoms with E-state index in [2.05, 4.69) is 0 Å². The number of aryl methyl sites for hydroxylation is 1. The van der Waals surface area contributed by atoms with Crippen molar-refractivity contribution >= 4 is 15.9 Å². The highest BCUT2D eigenvalue weighted by atomic mass is 32.2. The summed E-state index contributed by atoms with van der Waals surface area (Å²) >= 11 is 0. The molecule has 27 heavy (non-hydrogen) atoms. The normalized spacial score (nSPS) is 24.7. The molecule has 2 fully saturated rings. The zero-order chi connectivity index (χ0) is 19.4. The molecule has 0 aromatic heterocycles. The van der Waals surface area contributed by atoms with E-state index in [0.717, 1.165) is 24.8 Å². The lowest BCUT2D eigenvalue weighted by molar-refractivity contribution is -0.143. The minimum Gasteiger partial charge on any atom is -0.375 e. The number of rotatable bonds is 5. The molecule has 7 heteroatoms. The number of nitrogens with zero attached hydrogens (tertiary/aromatic N) is 2. The van der Waals surface area contributed by atoms with E-state index in [4.69, 9.17) is 4.74 Å². The number of sulfonamides is 1. The van der Waals surface area contributed by atoms with Gasteiger partial charge in [0.05, 0.1) is 23.6 Å². The highest BCUT2D eigenvalue weighted by Crippen LogP contribution is 2.21. The quantitative estimate of drug-likeness (QED) is 0.769. The van der Waals surface area contributed by atoms with Gasteiger partial charge in [0.2, 0.25) is 15.9 Å². The van der Waals surface area contributed by atoms with Crippen molar-refractivity contribution in [1.29, 1.82) is 0 Å². The summed E-state index contributed by atoms with van der Waals surface area (Å²) in [5, 5.41) is 0. The van der Waals surface area contributed by atoms with E-state index < -0.39 is 10.0 Å². The summed E-state index contributed by atoms with van der Waals surface area (Å²) in [6.45, 7) is 6.41. The zero-order valence-corrected chi connectivity index (χ0v) is 17.1. The second-order valence-corrected chi connectivity index (χ2v) is 9.59. The number of morpholine rings is 1. The molecule has 2 saturated heterocycles. The smallest absolute Gasteiger partial charge is 0.243 e. The molecule has 0 radical (unpaired) electrons. The second-order valence-electron chi connectivity index (χ2n) is 7.65. The molecule has 0 unspecified atom stereocenters. The van der Waals surface area contributed by atoms with E-state index >= 15 is 0 Å². The Morgan fingerprint density at radius 3 is 2.44 bits per heavy atom. The number of hydrogen-bond acceptors (Lipinski definition) is 4. The molecule has 1 amide bonds. The van der Waals surface area contributed by atoms with Crippen LogP contribution >= 0.6 is 0 Å². The largest absolute Gasteiger partial charge is 0.375 e. The highest BCUT2D eigenvalue weighted by Gasteiger charge is 2.28. The minimum atomic E-state index is -3.40. The van der Waals surface area contributed by atoms with E-state index in [1.165, 1.54) is 0 Å². The first-order chi connectivity index (χ1) is 12.9. The first-order valence-electron chi connectivity index (χ1n) is 9.88. The predicted molar refractivity (Wildman–Crippen MR) is 104 cm³/mol. The number of amides is 1. The fraction of sp³-hybridized carbons (Fsp3) is 0.650. The van der Waals surface area contributed by atoms with Gasteiger partial charge < -0.3 is 9.64 Å². The Morgan fingerprint density at radius 2 is 1.78 bits per heavy atom. The molecule has 1 aromatic rings. The van der Waals surface area contributed by atoms with E-state index in [1.807, 2.05) is 30.9 Å². The molecule has 0 spiro atoms. The molecule has 0 bridgehead atoms. The summed E-state index contributed by atoms with van der Waals surface area (Å²) in [5.41, 5.74) is 0.981. The van der Waals surface area contributed by atoms with Crippen LogP contribution in [0.4, 0.5) is 0 Å². The Balaban J connectivity index is 1.58. The monoisotopic (exact) mass is 394 g/mol. The number of carbonyl (C=O) groups is 1. The second kappa shape index (κ2) is 8.71. The molecule has 0 aliphatic carbocycles. The van der Waals surface area contributed by atoms with Gasteiger partial charge in [0.25, 0.3) is 0 Å². The Morgan fingerprint density at radius 1 is 1.11 bits per heavy atom. The van der Waals surface area contributed by atoms with Crippen LogP contribution < -0.4 is 0 Å². The molecule has 6 nitrogen and oxygen atoms in total. The summed E-state index contributed by atoms with van der Waals surface area (Å²) in [6.07, 6.45) is 4.07. The van der Waals surface area contributed by atoms with Crippen LogP contribution in [0.2, 0.25) is 0 Å². The molecule has 2 atom stereocenters. The summed E-state index contributed by atoms with van der Waals surface area (Å²) in [7, 11) is -3.40. The Kier molecular flexibility index (Phi) is 6.55. The van der Waals surface area contributed by atoms with Crippen LogP contribution in [-0.2, 0) is 26.0 Å². The van der Waals surface area contributed by atoms with Crippen molar-refractivity contribution in [2.24, 2.45) is 0 Å². The molecule has 1 aromatic carbocycles. The van der Waals surface area contributed by atoms with E-state index in [1.54, 1.807) is 16.4 Å². The van der Waals surface area contributed by atoms with Crippen LogP contribution in [0.1, 0.15) is 45.1 Å². The highest BCUT2D eigenvalue weighted by molar-refractivity contribution is 7.89. The Labute approximate surface area is 162 Å². The molecule has 2 heterocycles. The van der Waals surface area contributed by atoms with Gasteiger partial charge in [0.15, 0.2) is 0 Å². The Bertz CT molecular complexity index is 742. The van der Waals surface area contributed by atoms with Crippen LogP contribution in [-0.4, -0.2) is 61.9 Å². The molecule has 0 N–H and O–H groups in total. The molecule has 150 valence electrons. The maximum absolute atomic E-state index is 12.7. The van der Waals surface area contributed by atoms with Crippen molar-refractivity contribution in [2.75, 3.05) is 26.2 Å². The number of ether oxygens (including phenoxy) is 1. The van der Waals surface area contributed by atoms with Gasteiger partial charge in [-0.25, -0.2) is 8.42 Å². The predicted octanol–water partition coefficient (Wildman–Crippen LogP) is 2.43. The lowest BCUT2D eigenvalue weighted by Crippen LogP contribution is -2.50. The van der Waals surface area contributed by atoms with Gasteiger partial charge in [0, 0.05) is 26.1 Å². The van der Waals surface area contributed by atoms with Gasteiger partial charge >= 0.3 is 0 Å². The number of hydrogen-bond donors (Lipinski definition) is 0. The molecule has 0 saturated carbocycles. The molecule has 2 aliphatic heterocycles. The zero-order valence-electron chi connectivity index (χ0n) is 16.3. The van der Waals surface area contributed by atoms with Crippen LogP contribution in [0.5, 0.6) is 0 Å². The molecular weight excluding hydrogens is 364 g/mol. The van der Waals surface area contributed by atoms with Gasteiger partial charge in [0.1, 0.15) is 0 Å². The van der Waals surface area contributed by atoms with Crippen molar-refractivity contribution in [3.8, 4) is 0 Å². The maximum atomic E-state index is 12.7. The van der Waals surface area contributed by atoms with Gasteiger partial charge in [-0.3, -0.25) is 4.79 Å². The minimum absolute atomic E-state index is 0.0735. The molecular formula is C20H30N2O4S. The average Bonchev–Trinajstić information content (AvgIpc) is 2.69. The van der Waals surface area contributed by atoms with Crippen LogP contribution in [0.25, 0.3) is 0 Å². The van der Waals surface area contributed by atoms with Gasteiger partial charge in [-0.1, -0.05) is 18.6 Å². The van der Waals surface area contributed by atoms with Crippen molar-refractivity contribution in [3.63, 3.8) is 0 Å². The maximum Gasteiger partial charge on any atom is 0.243 e. The summed E-state index contributed by atoms with van der Waals surface area (Å²) in [4.78, 5) is 14.8. The summed E-state index contributed by atoms with van der Waals surface area (Å²) in [5.74, 6) is 0.127. The number of carbonyl (C=O) groups excluding carboxylic acids is 1. The van der Waals surface area contributed by atoms with Crippen molar-refractivity contribution < 1.29 is 17.9 Å².